The summed E-state index contributed by atoms with van der Waals surface area (Å²) in [6.07, 6.45) is -1.38. The first-order valence-corrected chi connectivity index (χ1v) is 5.56. The largest absolute Gasteiger partial charge is 0.480 e. The summed E-state index contributed by atoms with van der Waals surface area (Å²) in [5.41, 5.74) is 0.324. The molecule has 1 aliphatic rings. The number of benzene rings is 1. The molecule has 0 saturated carbocycles. The quantitative estimate of drug-likeness (QED) is 0.711. The Kier molecular flexibility index (Phi) is 3.57. The topological polar surface area (TPSA) is 105 Å². The van der Waals surface area contributed by atoms with Gasteiger partial charge in [-0.2, -0.15) is 0 Å². The predicted molar refractivity (Wildman–Crippen MR) is 62.8 cm³/mol. The molecule has 0 spiro atoms. The number of amides is 1. The van der Waals surface area contributed by atoms with Crippen molar-refractivity contribution in [3.63, 3.8) is 0 Å². The summed E-state index contributed by atoms with van der Waals surface area (Å²) in [6.45, 7) is 1.27. The Balaban J connectivity index is 2.23. The fourth-order valence-electron chi connectivity index (χ4n) is 1.78. The van der Waals surface area contributed by atoms with Crippen LogP contribution >= 0.6 is 0 Å². The summed E-state index contributed by atoms with van der Waals surface area (Å²) >= 11 is 0. The fourth-order valence-corrected chi connectivity index (χ4v) is 1.78. The standard InChI is InChI=1S/C12H13NO6/c1-6(14)13-10(12(16)17)11(15)7-2-3-8-9(4-7)19-5-18-8/h2-4,10-11,15H,5H2,1H3,(H,13,14)(H,16,17). The minimum absolute atomic E-state index is 0.0862. The highest BCUT2D eigenvalue weighted by atomic mass is 16.7. The van der Waals surface area contributed by atoms with Gasteiger partial charge in [-0.25, -0.2) is 4.79 Å². The highest BCUT2D eigenvalue weighted by molar-refractivity contribution is 5.82. The second-order valence-corrected chi connectivity index (χ2v) is 4.07. The number of carboxylic acids is 1. The molecular formula is C12H13NO6. The molecule has 19 heavy (non-hydrogen) atoms. The van der Waals surface area contributed by atoms with Gasteiger partial charge < -0.3 is 25.0 Å². The normalized spacial score (nSPS) is 15.7. The van der Waals surface area contributed by atoms with Crippen LogP contribution in [0.15, 0.2) is 18.2 Å². The zero-order chi connectivity index (χ0) is 14.0. The van der Waals surface area contributed by atoms with Crippen molar-refractivity contribution < 1.29 is 29.3 Å². The van der Waals surface area contributed by atoms with Crippen LogP contribution in [-0.4, -0.2) is 34.9 Å². The summed E-state index contributed by atoms with van der Waals surface area (Å²) in [5.74, 6) is -0.890. The Morgan fingerprint density at radius 2 is 2.00 bits per heavy atom. The molecule has 1 aromatic carbocycles. The molecule has 0 fully saturated rings. The average molecular weight is 267 g/mol. The number of hydrogen-bond acceptors (Lipinski definition) is 5. The molecule has 3 N–H and O–H groups in total. The molecule has 2 atom stereocenters. The summed E-state index contributed by atoms with van der Waals surface area (Å²) in [4.78, 5) is 22.0. The Bertz CT molecular complexity index is 515. The lowest BCUT2D eigenvalue weighted by atomic mass is 10.0. The minimum atomic E-state index is -1.42. The van der Waals surface area contributed by atoms with Crippen LogP contribution < -0.4 is 14.8 Å². The molecule has 0 aromatic heterocycles. The predicted octanol–water partition coefficient (Wildman–Crippen LogP) is 0.0380. The first kappa shape index (κ1) is 13.2. The van der Waals surface area contributed by atoms with Gasteiger partial charge in [0.2, 0.25) is 12.7 Å². The molecule has 1 heterocycles. The molecule has 102 valence electrons. The van der Waals surface area contributed by atoms with E-state index in [4.69, 9.17) is 14.6 Å². The van der Waals surface area contributed by atoms with E-state index in [9.17, 15) is 14.7 Å². The molecular weight excluding hydrogens is 254 g/mol. The van der Waals surface area contributed by atoms with Crippen LogP contribution in [0.2, 0.25) is 0 Å². The van der Waals surface area contributed by atoms with Crippen molar-refractivity contribution in [2.24, 2.45) is 0 Å². The lowest BCUT2D eigenvalue weighted by Gasteiger charge is -2.20. The number of fused-ring (bicyclic) bond motifs is 1. The maximum absolute atomic E-state index is 11.1. The molecule has 0 aliphatic carbocycles. The van der Waals surface area contributed by atoms with Crippen LogP contribution in [0.4, 0.5) is 0 Å². The van der Waals surface area contributed by atoms with Gasteiger partial charge in [0.05, 0.1) is 0 Å². The molecule has 7 heteroatoms. The summed E-state index contributed by atoms with van der Waals surface area (Å²) in [5, 5.41) is 21.2. The third-order valence-electron chi connectivity index (χ3n) is 2.68. The monoisotopic (exact) mass is 267 g/mol. The van der Waals surface area contributed by atoms with E-state index in [1.807, 2.05) is 0 Å². The van der Waals surface area contributed by atoms with Gasteiger partial charge in [0.15, 0.2) is 17.5 Å². The van der Waals surface area contributed by atoms with E-state index in [0.717, 1.165) is 0 Å². The molecule has 0 bridgehead atoms. The van der Waals surface area contributed by atoms with Gasteiger partial charge in [-0.05, 0) is 17.7 Å². The molecule has 7 nitrogen and oxygen atoms in total. The highest BCUT2D eigenvalue weighted by Gasteiger charge is 2.29. The molecule has 0 saturated heterocycles. The third-order valence-corrected chi connectivity index (χ3v) is 2.68. The summed E-state index contributed by atoms with van der Waals surface area (Å²) < 4.78 is 10.3. The Morgan fingerprint density at radius 1 is 1.32 bits per heavy atom. The molecule has 2 rings (SSSR count). The number of aliphatic hydroxyl groups is 1. The SMILES string of the molecule is CC(=O)NC(C(=O)O)C(O)c1ccc2c(c1)OCO2. The minimum Gasteiger partial charge on any atom is -0.480 e. The van der Waals surface area contributed by atoms with Crippen molar-refractivity contribution >= 4 is 11.9 Å². The van der Waals surface area contributed by atoms with Crippen LogP contribution in [0, 0.1) is 0 Å². The molecule has 1 amide bonds. The maximum atomic E-state index is 11.1. The fraction of sp³-hybridized carbons (Fsp3) is 0.333. The van der Waals surface area contributed by atoms with Gasteiger partial charge in [-0.3, -0.25) is 4.79 Å². The first-order chi connectivity index (χ1) is 8.99. The second-order valence-electron chi connectivity index (χ2n) is 4.07. The van der Waals surface area contributed by atoms with E-state index < -0.39 is 24.0 Å². The van der Waals surface area contributed by atoms with Crippen LogP contribution in [0.25, 0.3) is 0 Å². The number of carbonyl (C=O) groups is 2. The van der Waals surface area contributed by atoms with Crippen molar-refractivity contribution in [1.82, 2.24) is 5.32 Å². The third kappa shape index (κ3) is 2.76. The van der Waals surface area contributed by atoms with Crippen molar-refractivity contribution in [2.45, 2.75) is 19.1 Å². The Hall–Kier alpha value is -2.28. The second kappa shape index (κ2) is 5.15. The van der Waals surface area contributed by atoms with Gasteiger partial charge >= 0.3 is 5.97 Å². The molecule has 1 aliphatic heterocycles. The van der Waals surface area contributed by atoms with Gasteiger partial charge in [0, 0.05) is 6.92 Å². The maximum Gasteiger partial charge on any atom is 0.329 e. The molecule has 1 aromatic rings. The highest BCUT2D eigenvalue weighted by Crippen LogP contribution is 2.34. The van der Waals surface area contributed by atoms with E-state index in [1.165, 1.54) is 19.1 Å². The van der Waals surface area contributed by atoms with Crippen molar-refractivity contribution in [3.8, 4) is 11.5 Å². The zero-order valence-electron chi connectivity index (χ0n) is 10.1. The van der Waals surface area contributed by atoms with Crippen molar-refractivity contribution in [3.05, 3.63) is 23.8 Å². The van der Waals surface area contributed by atoms with E-state index in [1.54, 1.807) is 6.07 Å². The van der Waals surface area contributed by atoms with Gasteiger partial charge in [-0.15, -0.1) is 0 Å². The number of ether oxygens (including phenoxy) is 2. The average Bonchev–Trinajstić information content (AvgIpc) is 2.81. The van der Waals surface area contributed by atoms with Gasteiger partial charge in [-0.1, -0.05) is 6.07 Å². The Morgan fingerprint density at radius 3 is 2.63 bits per heavy atom. The first-order valence-electron chi connectivity index (χ1n) is 5.56. The summed E-state index contributed by atoms with van der Waals surface area (Å²) in [7, 11) is 0. The van der Waals surface area contributed by atoms with Crippen LogP contribution in [-0.2, 0) is 9.59 Å². The van der Waals surface area contributed by atoms with Crippen LogP contribution in [0.5, 0.6) is 11.5 Å². The van der Waals surface area contributed by atoms with Crippen molar-refractivity contribution in [1.29, 1.82) is 0 Å². The van der Waals surface area contributed by atoms with E-state index in [2.05, 4.69) is 5.32 Å². The lowest BCUT2D eigenvalue weighted by Crippen LogP contribution is -2.44. The molecule has 0 radical (unpaired) electrons. The number of aliphatic hydroxyl groups excluding tert-OH is 1. The van der Waals surface area contributed by atoms with Crippen LogP contribution in [0.3, 0.4) is 0 Å². The molecule has 2 unspecified atom stereocenters. The lowest BCUT2D eigenvalue weighted by molar-refractivity contribution is -0.145. The number of carbonyl (C=O) groups excluding carboxylic acids is 1. The van der Waals surface area contributed by atoms with Gasteiger partial charge in [0.25, 0.3) is 0 Å². The van der Waals surface area contributed by atoms with Crippen LogP contribution in [0.1, 0.15) is 18.6 Å². The number of rotatable bonds is 4. The number of aliphatic carboxylic acids is 1. The Labute approximate surface area is 108 Å². The number of hydrogen-bond donors (Lipinski definition) is 3. The zero-order valence-corrected chi connectivity index (χ0v) is 10.1. The van der Waals surface area contributed by atoms with E-state index >= 15 is 0 Å². The van der Waals surface area contributed by atoms with Gasteiger partial charge in [0.1, 0.15) is 6.10 Å². The summed E-state index contributed by atoms with van der Waals surface area (Å²) in [6, 6.07) is 3.17. The number of nitrogens with one attached hydrogen (secondary N) is 1. The smallest absolute Gasteiger partial charge is 0.329 e. The van der Waals surface area contributed by atoms with E-state index in [0.29, 0.717) is 17.1 Å². The number of carboxylic acid groups (broad SMARTS) is 1. The van der Waals surface area contributed by atoms with E-state index in [-0.39, 0.29) is 6.79 Å². The van der Waals surface area contributed by atoms with Crippen molar-refractivity contribution in [2.75, 3.05) is 6.79 Å².